The molecule has 0 aromatic rings. The summed E-state index contributed by atoms with van der Waals surface area (Å²) in [7, 11) is -1.76. The highest BCUT2D eigenvalue weighted by Gasteiger charge is 2.47. The van der Waals surface area contributed by atoms with Crippen LogP contribution in [-0.2, 0) is 9.16 Å². The van der Waals surface area contributed by atoms with Gasteiger partial charge in [-0.05, 0) is 29.5 Å². The Morgan fingerprint density at radius 1 is 1.11 bits per heavy atom. The fraction of sp³-hybridized carbons (Fsp3) is 1.00. The summed E-state index contributed by atoms with van der Waals surface area (Å²) < 4.78 is 13.8. The van der Waals surface area contributed by atoms with Gasteiger partial charge >= 0.3 is 0 Å². The molecule has 1 saturated heterocycles. The summed E-state index contributed by atoms with van der Waals surface area (Å²) in [6.45, 7) is 15.0. The molecule has 0 amide bonds. The van der Waals surface area contributed by atoms with Crippen molar-refractivity contribution in [1.82, 2.24) is 0 Å². The van der Waals surface area contributed by atoms with Gasteiger partial charge < -0.3 is 9.16 Å². The lowest BCUT2D eigenvalue weighted by atomic mass is 10.1. The van der Waals surface area contributed by atoms with Crippen LogP contribution in [0.3, 0.4) is 0 Å². The standard InChI is InChI=1S/C15H31IO2Si/c1-11(2)19(12(3)4,13(5)6)18-14-8-7-9-17-15(14)10-16/h11-15H,7-10H2,1-6H3/t14-,15+/m1/s1. The zero-order valence-corrected chi connectivity index (χ0v) is 16.6. The number of ether oxygens (including phenoxy) is 1. The van der Waals surface area contributed by atoms with E-state index in [0.29, 0.717) is 28.8 Å². The molecule has 0 bridgehead atoms. The van der Waals surface area contributed by atoms with Crippen LogP contribution in [-0.4, -0.2) is 31.6 Å². The molecule has 0 aromatic carbocycles. The van der Waals surface area contributed by atoms with Gasteiger partial charge in [-0.25, -0.2) is 0 Å². The van der Waals surface area contributed by atoms with Crippen molar-refractivity contribution in [3.63, 3.8) is 0 Å². The first-order chi connectivity index (χ1) is 8.86. The Balaban J connectivity index is 2.92. The Morgan fingerprint density at radius 2 is 1.63 bits per heavy atom. The van der Waals surface area contributed by atoms with Gasteiger partial charge in [0.2, 0.25) is 8.32 Å². The molecule has 1 heterocycles. The van der Waals surface area contributed by atoms with E-state index in [1.54, 1.807) is 0 Å². The molecule has 0 aliphatic carbocycles. The van der Waals surface area contributed by atoms with Gasteiger partial charge in [0.25, 0.3) is 0 Å². The largest absolute Gasteiger partial charge is 0.410 e. The van der Waals surface area contributed by atoms with Gasteiger partial charge in [0.05, 0.1) is 12.2 Å². The maximum atomic E-state index is 6.88. The zero-order valence-electron chi connectivity index (χ0n) is 13.4. The van der Waals surface area contributed by atoms with Crippen LogP contribution in [0.2, 0.25) is 16.6 Å². The third-order valence-electron chi connectivity index (χ3n) is 4.59. The molecule has 2 nitrogen and oxygen atoms in total. The highest BCUT2D eigenvalue weighted by Crippen LogP contribution is 2.44. The Hall–Kier alpha value is 0.867. The van der Waals surface area contributed by atoms with Crippen molar-refractivity contribution >= 4 is 30.9 Å². The number of hydrogen-bond acceptors (Lipinski definition) is 2. The first-order valence-corrected chi connectivity index (χ1v) is 11.4. The molecule has 4 heteroatoms. The Bertz CT molecular complexity index is 247. The molecule has 1 rings (SSSR count). The molecule has 0 saturated carbocycles. The Morgan fingerprint density at radius 3 is 2.05 bits per heavy atom. The first kappa shape index (κ1) is 17.9. The second-order valence-corrected chi connectivity index (χ2v) is 13.0. The third-order valence-corrected chi connectivity index (χ3v) is 11.6. The van der Waals surface area contributed by atoms with Crippen molar-refractivity contribution in [2.24, 2.45) is 0 Å². The monoisotopic (exact) mass is 398 g/mol. The Labute approximate surface area is 134 Å². The van der Waals surface area contributed by atoms with Gasteiger partial charge in [0, 0.05) is 11.0 Å². The van der Waals surface area contributed by atoms with Crippen LogP contribution in [0.5, 0.6) is 0 Å². The summed E-state index contributed by atoms with van der Waals surface area (Å²) in [5, 5.41) is 0. The Kier molecular flexibility index (Phi) is 7.31. The average Bonchev–Trinajstić information content (AvgIpc) is 2.34. The normalized spacial score (nSPS) is 25.6. The van der Waals surface area contributed by atoms with E-state index in [1.165, 1.54) is 6.42 Å². The van der Waals surface area contributed by atoms with Crippen LogP contribution in [0, 0.1) is 0 Å². The molecule has 1 aliphatic heterocycles. The summed E-state index contributed by atoms with van der Waals surface area (Å²) in [4.78, 5) is 0. The first-order valence-electron chi connectivity index (χ1n) is 7.71. The quantitative estimate of drug-likeness (QED) is 0.350. The van der Waals surface area contributed by atoms with Gasteiger partial charge in [-0.2, -0.15) is 0 Å². The molecular formula is C15H31IO2Si. The summed E-state index contributed by atoms with van der Waals surface area (Å²) in [5.74, 6) is 0. The van der Waals surface area contributed by atoms with Crippen molar-refractivity contribution in [3.05, 3.63) is 0 Å². The smallest absolute Gasteiger partial charge is 0.200 e. The average molecular weight is 398 g/mol. The molecule has 0 spiro atoms. The molecular weight excluding hydrogens is 367 g/mol. The number of hydrogen-bond donors (Lipinski definition) is 0. The molecule has 0 aromatic heterocycles. The molecule has 2 atom stereocenters. The molecule has 1 aliphatic rings. The fourth-order valence-corrected chi connectivity index (χ4v) is 10.2. The van der Waals surface area contributed by atoms with Gasteiger partial charge in [-0.3, -0.25) is 0 Å². The lowest BCUT2D eigenvalue weighted by molar-refractivity contribution is -0.0546. The molecule has 1 fully saturated rings. The van der Waals surface area contributed by atoms with E-state index < -0.39 is 8.32 Å². The lowest BCUT2D eigenvalue weighted by Crippen LogP contribution is -2.53. The van der Waals surface area contributed by atoms with Crippen LogP contribution in [0.4, 0.5) is 0 Å². The summed E-state index contributed by atoms with van der Waals surface area (Å²) in [5.41, 5.74) is 1.97. The SMILES string of the molecule is CC(C)[Si](O[C@@H]1CCCO[C@H]1CI)(C(C)C)C(C)C. The number of rotatable bonds is 6. The minimum Gasteiger partial charge on any atom is -0.410 e. The second-order valence-electron chi connectivity index (χ2n) is 6.68. The topological polar surface area (TPSA) is 18.5 Å². The van der Waals surface area contributed by atoms with E-state index >= 15 is 0 Å². The van der Waals surface area contributed by atoms with E-state index in [0.717, 1.165) is 17.5 Å². The summed E-state index contributed by atoms with van der Waals surface area (Å²) >= 11 is 2.44. The minimum atomic E-state index is -1.76. The summed E-state index contributed by atoms with van der Waals surface area (Å²) in [6.07, 6.45) is 2.95. The van der Waals surface area contributed by atoms with Gasteiger partial charge in [0.15, 0.2) is 0 Å². The van der Waals surface area contributed by atoms with Crippen molar-refractivity contribution < 1.29 is 9.16 Å². The second kappa shape index (κ2) is 7.76. The molecule has 114 valence electrons. The van der Waals surface area contributed by atoms with Crippen LogP contribution < -0.4 is 0 Å². The van der Waals surface area contributed by atoms with Crippen molar-refractivity contribution in [2.75, 3.05) is 11.0 Å². The van der Waals surface area contributed by atoms with E-state index in [-0.39, 0.29) is 0 Å². The van der Waals surface area contributed by atoms with E-state index in [1.807, 2.05) is 0 Å². The van der Waals surface area contributed by atoms with Gasteiger partial charge in [-0.15, -0.1) is 0 Å². The van der Waals surface area contributed by atoms with E-state index in [9.17, 15) is 0 Å². The van der Waals surface area contributed by atoms with Crippen molar-refractivity contribution in [3.8, 4) is 0 Å². The van der Waals surface area contributed by atoms with Gasteiger partial charge in [0.1, 0.15) is 0 Å². The van der Waals surface area contributed by atoms with Crippen molar-refractivity contribution in [1.29, 1.82) is 0 Å². The maximum Gasteiger partial charge on any atom is 0.200 e. The van der Waals surface area contributed by atoms with E-state index in [2.05, 4.69) is 64.1 Å². The summed E-state index contributed by atoms with van der Waals surface area (Å²) in [6, 6.07) is 0. The lowest BCUT2D eigenvalue weighted by Gasteiger charge is -2.46. The molecule has 0 radical (unpaired) electrons. The van der Waals surface area contributed by atoms with Crippen LogP contribution >= 0.6 is 22.6 Å². The third kappa shape index (κ3) is 3.95. The molecule has 19 heavy (non-hydrogen) atoms. The maximum absolute atomic E-state index is 6.88. The highest BCUT2D eigenvalue weighted by molar-refractivity contribution is 14.1. The minimum absolute atomic E-state index is 0.303. The number of alkyl halides is 1. The van der Waals surface area contributed by atoms with Gasteiger partial charge in [-0.1, -0.05) is 64.1 Å². The highest BCUT2D eigenvalue weighted by atomic mass is 127. The molecule has 0 unspecified atom stereocenters. The van der Waals surface area contributed by atoms with Crippen molar-refractivity contribution in [2.45, 2.75) is 83.2 Å². The van der Waals surface area contributed by atoms with Crippen LogP contribution in [0.1, 0.15) is 54.4 Å². The predicted octanol–water partition coefficient (Wildman–Crippen LogP) is 5.16. The predicted molar refractivity (Wildman–Crippen MR) is 93.8 cm³/mol. The van der Waals surface area contributed by atoms with Crippen LogP contribution in [0.15, 0.2) is 0 Å². The fourth-order valence-electron chi connectivity index (χ4n) is 3.76. The molecule has 0 N–H and O–H groups in total. The van der Waals surface area contributed by atoms with E-state index in [4.69, 9.17) is 9.16 Å². The van der Waals surface area contributed by atoms with Crippen LogP contribution in [0.25, 0.3) is 0 Å². The number of halogens is 1. The zero-order chi connectivity index (χ0) is 14.6.